The van der Waals surface area contributed by atoms with E-state index in [1.807, 2.05) is 0 Å². The van der Waals surface area contributed by atoms with Crippen molar-refractivity contribution in [1.29, 1.82) is 0 Å². The van der Waals surface area contributed by atoms with Crippen molar-refractivity contribution in [2.75, 3.05) is 19.8 Å². The third-order valence-electron chi connectivity index (χ3n) is 5.13. The number of rotatable bonds is 4. The molecule has 1 heterocycles. The van der Waals surface area contributed by atoms with Gasteiger partial charge in [-0.2, -0.15) is 13.2 Å². The number of alkyl halides is 3. The molecule has 0 radical (unpaired) electrons. The molecule has 2 aliphatic rings. The van der Waals surface area contributed by atoms with Gasteiger partial charge in [0.1, 0.15) is 5.75 Å². The van der Waals surface area contributed by atoms with Gasteiger partial charge in [0.2, 0.25) is 0 Å². The Balaban J connectivity index is 1.58. The molecule has 1 saturated heterocycles. The second kappa shape index (κ2) is 6.84. The van der Waals surface area contributed by atoms with Crippen molar-refractivity contribution in [1.82, 2.24) is 5.32 Å². The fourth-order valence-electron chi connectivity index (χ4n) is 3.61. The monoisotopic (exact) mass is 359 g/mol. The standard InChI is InChI=1S/C17H20F3NO4/c18-17(19,20)11-3-1-2-4-12(11)25-10-15(23)21-13-9-14(22)16(13)5-7-24-8-6-16/h1-4,13-14,22H,5-10H2,(H,21,23)/t13-,14-/m1/s1. The molecule has 25 heavy (non-hydrogen) atoms. The van der Waals surface area contributed by atoms with E-state index in [1.54, 1.807) is 0 Å². The van der Waals surface area contributed by atoms with Gasteiger partial charge in [0.05, 0.1) is 11.7 Å². The maximum absolute atomic E-state index is 12.9. The first-order valence-electron chi connectivity index (χ1n) is 8.17. The summed E-state index contributed by atoms with van der Waals surface area (Å²) >= 11 is 0. The summed E-state index contributed by atoms with van der Waals surface area (Å²) in [4.78, 5) is 12.1. The van der Waals surface area contributed by atoms with Crippen LogP contribution in [0.1, 0.15) is 24.8 Å². The Bertz CT molecular complexity index is 629. The first-order chi connectivity index (χ1) is 11.8. The van der Waals surface area contributed by atoms with E-state index in [0.29, 0.717) is 32.5 Å². The maximum atomic E-state index is 12.9. The predicted molar refractivity (Wildman–Crippen MR) is 82.0 cm³/mol. The van der Waals surface area contributed by atoms with Crippen molar-refractivity contribution >= 4 is 5.91 Å². The average Bonchev–Trinajstić information content (AvgIpc) is 2.60. The number of aliphatic hydroxyl groups excluding tert-OH is 1. The molecule has 2 fully saturated rings. The van der Waals surface area contributed by atoms with Crippen LogP contribution in [0.2, 0.25) is 0 Å². The van der Waals surface area contributed by atoms with Gasteiger partial charge in [0, 0.05) is 24.7 Å². The second-order valence-corrected chi connectivity index (χ2v) is 6.50. The Morgan fingerprint density at radius 1 is 1.32 bits per heavy atom. The summed E-state index contributed by atoms with van der Waals surface area (Å²) in [6.45, 7) is 0.546. The van der Waals surface area contributed by atoms with E-state index in [9.17, 15) is 23.1 Å². The van der Waals surface area contributed by atoms with Gasteiger partial charge in [-0.15, -0.1) is 0 Å². The second-order valence-electron chi connectivity index (χ2n) is 6.50. The van der Waals surface area contributed by atoms with Crippen LogP contribution < -0.4 is 10.1 Å². The Hall–Kier alpha value is -1.80. The zero-order valence-corrected chi connectivity index (χ0v) is 13.5. The molecular weight excluding hydrogens is 339 g/mol. The number of carbonyl (C=O) groups is 1. The Labute approximate surface area is 143 Å². The fourth-order valence-corrected chi connectivity index (χ4v) is 3.61. The van der Waals surface area contributed by atoms with E-state index in [4.69, 9.17) is 9.47 Å². The number of nitrogens with one attached hydrogen (secondary N) is 1. The van der Waals surface area contributed by atoms with Crippen LogP contribution in [0.15, 0.2) is 24.3 Å². The van der Waals surface area contributed by atoms with Crippen LogP contribution >= 0.6 is 0 Å². The zero-order chi connectivity index (χ0) is 18.1. The lowest BCUT2D eigenvalue weighted by Crippen LogP contribution is -2.66. The number of aliphatic hydroxyl groups is 1. The summed E-state index contributed by atoms with van der Waals surface area (Å²) in [5, 5.41) is 12.9. The molecular formula is C17H20F3NO4. The smallest absolute Gasteiger partial charge is 0.419 e. The van der Waals surface area contributed by atoms with Gasteiger partial charge >= 0.3 is 6.18 Å². The first-order valence-corrected chi connectivity index (χ1v) is 8.17. The molecule has 5 nitrogen and oxygen atoms in total. The quantitative estimate of drug-likeness (QED) is 0.864. The number of hydrogen-bond acceptors (Lipinski definition) is 4. The lowest BCUT2D eigenvalue weighted by Gasteiger charge is -2.55. The number of halogens is 3. The lowest BCUT2D eigenvalue weighted by molar-refractivity contribution is -0.157. The summed E-state index contributed by atoms with van der Waals surface area (Å²) in [7, 11) is 0. The number of para-hydroxylation sites is 1. The van der Waals surface area contributed by atoms with E-state index < -0.39 is 35.8 Å². The minimum Gasteiger partial charge on any atom is -0.483 e. The van der Waals surface area contributed by atoms with E-state index in [2.05, 4.69) is 5.32 Å². The molecule has 3 rings (SSSR count). The third-order valence-corrected chi connectivity index (χ3v) is 5.13. The topological polar surface area (TPSA) is 67.8 Å². The number of hydrogen-bond donors (Lipinski definition) is 2. The van der Waals surface area contributed by atoms with Crippen molar-refractivity contribution < 1.29 is 32.5 Å². The van der Waals surface area contributed by atoms with E-state index >= 15 is 0 Å². The average molecular weight is 359 g/mol. The highest BCUT2D eigenvalue weighted by molar-refractivity contribution is 5.78. The van der Waals surface area contributed by atoms with Crippen molar-refractivity contribution in [3.05, 3.63) is 29.8 Å². The molecule has 1 amide bonds. The number of ether oxygens (including phenoxy) is 2. The van der Waals surface area contributed by atoms with E-state index in [-0.39, 0.29) is 11.8 Å². The Kier molecular flexibility index (Phi) is 4.92. The van der Waals surface area contributed by atoms with Crippen LogP contribution in [-0.4, -0.2) is 43.0 Å². The van der Waals surface area contributed by atoms with Gasteiger partial charge in [-0.1, -0.05) is 12.1 Å². The molecule has 1 spiro atoms. The molecule has 138 valence electrons. The summed E-state index contributed by atoms with van der Waals surface area (Å²) < 4.78 is 49.1. The van der Waals surface area contributed by atoms with Gasteiger partial charge in [-0.3, -0.25) is 4.79 Å². The Morgan fingerprint density at radius 2 is 2.00 bits per heavy atom. The molecule has 1 saturated carbocycles. The summed E-state index contributed by atoms with van der Waals surface area (Å²) in [6, 6.07) is 4.57. The minimum absolute atomic E-state index is 0.208. The summed E-state index contributed by atoms with van der Waals surface area (Å²) in [6.07, 6.45) is -3.30. The van der Waals surface area contributed by atoms with Crippen molar-refractivity contribution in [2.45, 2.75) is 37.6 Å². The molecule has 1 aliphatic carbocycles. The lowest BCUT2D eigenvalue weighted by atomic mass is 9.58. The van der Waals surface area contributed by atoms with E-state index in [0.717, 1.165) is 6.07 Å². The van der Waals surface area contributed by atoms with Gasteiger partial charge < -0.3 is 19.9 Å². The normalized spacial score (nSPS) is 25.3. The van der Waals surface area contributed by atoms with Gasteiger partial charge in [0.15, 0.2) is 6.61 Å². The molecule has 1 aromatic carbocycles. The van der Waals surface area contributed by atoms with Crippen LogP contribution in [0.3, 0.4) is 0 Å². The van der Waals surface area contributed by atoms with Crippen LogP contribution in [-0.2, 0) is 15.7 Å². The van der Waals surface area contributed by atoms with Crippen LogP contribution in [0.4, 0.5) is 13.2 Å². The van der Waals surface area contributed by atoms with Gasteiger partial charge in [-0.05, 0) is 31.4 Å². The molecule has 1 aliphatic heterocycles. The van der Waals surface area contributed by atoms with Crippen molar-refractivity contribution in [3.8, 4) is 5.75 Å². The molecule has 1 aromatic rings. The minimum atomic E-state index is -4.54. The highest BCUT2D eigenvalue weighted by Gasteiger charge is 2.55. The molecule has 2 atom stereocenters. The first kappa shape index (κ1) is 18.0. The molecule has 8 heteroatoms. The van der Waals surface area contributed by atoms with Crippen LogP contribution in [0.5, 0.6) is 5.75 Å². The largest absolute Gasteiger partial charge is 0.483 e. The van der Waals surface area contributed by atoms with Gasteiger partial charge in [0.25, 0.3) is 5.91 Å². The fraction of sp³-hybridized carbons (Fsp3) is 0.588. The van der Waals surface area contributed by atoms with Crippen LogP contribution in [0.25, 0.3) is 0 Å². The summed E-state index contributed by atoms with van der Waals surface area (Å²) in [5.41, 5.74) is -1.31. The molecule has 0 unspecified atom stereocenters. The molecule has 0 aromatic heterocycles. The maximum Gasteiger partial charge on any atom is 0.419 e. The SMILES string of the molecule is O=C(COc1ccccc1C(F)(F)F)N[C@@H]1C[C@@H](O)C12CCOCC2. The molecule has 2 N–H and O–H groups in total. The molecule has 0 bridgehead atoms. The van der Waals surface area contributed by atoms with Crippen LogP contribution in [0, 0.1) is 5.41 Å². The third kappa shape index (κ3) is 3.59. The Morgan fingerprint density at radius 3 is 2.64 bits per heavy atom. The number of amides is 1. The highest BCUT2D eigenvalue weighted by atomic mass is 19.4. The van der Waals surface area contributed by atoms with Crippen molar-refractivity contribution in [3.63, 3.8) is 0 Å². The van der Waals surface area contributed by atoms with E-state index in [1.165, 1.54) is 18.2 Å². The number of carbonyl (C=O) groups excluding carboxylic acids is 1. The van der Waals surface area contributed by atoms with Gasteiger partial charge in [-0.25, -0.2) is 0 Å². The predicted octanol–water partition coefficient (Wildman–Crippen LogP) is 2.13. The number of benzene rings is 1. The van der Waals surface area contributed by atoms with Crippen molar-refractivity contribution in [2.24, 2.45) is 5.41 Å². The highest BCUT2D eigenvalue weighted by Crippen LogP contribution is 2.48. The zero-order valence-electron chi connectivity index (χ0n) is 13.5. The summed E-state index contributed by atoms with van der Waals surface area (Å²) in [5.74, 6) is -0.876.